The lowest BCUT2D eigenvalue weighted by Crippen LogP contribution is -2.53. The number of thiocarbonyl (C=S) groups is 1. The topological polar surface area (TPSA) is 67.6 Å². The minimum absolute atomic E-state index is 0.0440. The quantitative estimate of drug-likeness (QED) is 0.486. The van der Waals surface area contributed by atoms with Crippen molar-refractivity contribution in [1.82, 2.24) is 10.2 Å². The monoisotopic (exact) mass is 273 g/mol. The molecule has 0 aromatic rings. The van der Waals surface area contributed by atoms with Crippen molar-refractivity contribution >= 4 is 23.1 Å². The molecule has 0 atom stereocenters. The molecule has 0 aromatic heterocycles. The molecular weight excluding hydrogens is 250 g/mol. The Kier molecular flexibility index (Phi) is 5.98. The van der Waals surface area contributed by atoms with Gasteiger partial charge >= 0.3 is 0 Å². The Bertz CT molecular complexity index is 304. The third-order valence-corrected chi connectivity index (χ3v) is 3.72. The van der Waals surface area contributed by atoms with Crippen LogP contribution < -0.4 is 11.1 Å². The summed E-state index contributed by atoms with van der Waals surface area (Å²) >= 11 is 4.99. The first-order valence-electron chi connectivity index (χ1n) is 6.30. The van der Waals surface area contributed by atoms with Crippen LogP contribution in [0.2, 0.25) is 0 Å². The van der Waals surface area contributed by atoms with Crippen molar-refractivity contribution in [2.24, 2.45) is 11.1 Å². The fourth-order valence-electron chi connectivity index (χ4n) is 1.87. The van der Waals surface area contributed by atoms with Gasteiger partial charge in [-0.05, 0) is 26.9 Å². The molecule has 0 heterocycles. The number of amides is 1. The summed E-state index contributed by atoms with van der Waals surface area (Å²) in [5.74, 6) is -0.0440. The van der Waals surface area contributed by atoms with E-state index in [1.807, 2.05) is 14.1 Å². The van der Waals surface area contributed by atoms with Crippen molar-refractivity contribution in [2.45, 2.75) is 19.3 Å². The van der Waals surface area contributed by atoms with E-state index in [0.29, 0.717) is 24.7 Å². The molecule has 104 valence electrons. The lowest BCUT2D eigenvalue weighted by Gasteiger charge is -2.39. The number of nitrogens with two attached hydrogens (primary N) is 1. The molecule has 1 fully saturated rings. The van der Waals surface area contributed by atoms with Crippen molar-refractivity contribution in [3.05, 3.63) is 0 Å². The molecule has 0 bridgehead atoms. The second kappa shape index (κ2) is 7.01. The lowest BCUT2D eigenvalue weighted by molar-refractivity contribution is -0.131. The van der Waals surface area contributed by atoms with Crippen molar-refractivity contribution in [3.63, 3.8) is 0 Å². The molecule has 0 saturated heterocycles. The zero-order chi connectivity index (χ0) is 13.6. The van der Waals surface area contributed by atoms with Crippen LogP contribution in [0.25, 0.3) is 0 Å². The van der Waals surface area contributed by atoms with Crippen molar-refractivity contribution in [1.29, 1.82) is 0 Å². The summed E-state index contributed by atoms with van der Waals surface area (Å²) in [6.45, 7) is 2.58. The SMILES string of the molecule is CN(C)CCOCCNC(=O)C1(C(N)=S)CCC1. The summed E-state index contributed by atoms with van der Waals surface area (Å²) in [5.41, 5.74) is 5.07. The van der Waals surface area contributed by atoms with E-state index in [1.54, 1.807) is 0 Å². The maximum atomic E-state index is 12.0. The van der Waals surface area contributed by atoms with Gasteiger partial charge in [0, 0.05) is 13.1 Å². The number of rotatable bonds is 8. The highest BCUT2D eigenvalue weighted by molar-refractivity contribution is 7.80. The van der Waals surface area contributed by atoms with Crippen molar-refractivity contribution in [3.8, 4) is 0 Å². The second-order valence-electron chi connectivity index (χ2n) is 4.97. The van der Waals surface area contributed by atoms with Gasteiger partial charge in [0.15, 0.2) is 0 Å². The van der Waals surface area contributed by atoms with Crippen LogP contribution in [0, 0.1) is 5.41 Å². The molecule has 0 unspecified atom stereocenters. The summed E-state index contributed by atoms with van der Waals surface area (Å²) < 4.78 is 5.40. The second-order valence-corrected chi connectivity index (χ2v) is 5.41. The molecule has 0 radical (unpaired) electrons. The molecule has 0 spiro atoms. The van der Waals surface area contributed by atoms with Crippen molar-refractivity contribution in [2.75, 3.05) is 40.4 Å². The van der Waals surface area contributed by atoms with Gasteiger partial charge in [-0.2, -0.15) is 0 Å². The Morgan fingerprint density at radius 2 is 2.11 bits per heavy atom. The first kappa shape index (κ1) is 15.3. The Balaban J connectivity index is 2.15. The number of carbonyl (C=O) groups is 1. The number of likely N-dealkylation sites (N-methyl/N-ethyl adjacent to an activating group) is 1. The molecule has 1 amide bonds. The van der Waals surface area contributed by atoms with Crippen LogP contribution in [0.5, 0.6) is 0 Å². The van der Waals surface area contributed by atoms with E-state index >= 15 is 0 Å². The number of hydrogen-bond donors (Lipinski definition) is 2. The third-order valence-electron chi connectivity index (χ3n) is 3.33. The van der Waals surface area contributed by atoms with Gasteiger partial charge in [-0.1, -0.05) is 18.6 Å². The minimum atomic E-state index is -0.584. The zero-order valence-electron chi connectivity index (χ0n) is 11.2. The van der Waals surface area contributed by atoms with Gasteiger partial charge in [-0.25, -0.2) is 0 Å². The highest BCUT2D eigenvalue weighted by Crippen LogP contribution is 2.41. The minimum Gasteiger partial charge on any atom is -0.392 e. The number of nitrogens with zero attached hydrogens (tertiary/aromatic N) is 1. The summed E-state index contributed by atoms with van der Waals surface area (Å²) in [6.07, 6.45) is 2.56. The summed E-state index contributed by atoms with van der Waals surface area (Å²) in [7, 11) is 3.99. The standard InChI is InChI=1S/C12H23N3O2S/c1-15(2)7-9-17-8-6-14-11(16)12(10(13)18)4-3-5-12/h3-9H2,1-2H3,(H2,13,18)(H,14,16). The van der Waals surface area contributed by atoms with E-state index in [2.05, 4.69) is 10.2 Å². The molecule has 5 nitrogen and oxygen atoms in total. The number of ether oxygens (including phenoxy) is 1. The lowest BCUT2D eigenvalue weighted by atomic mass is 9.68. The molecule has 1 aliphatic rings. The summed E-state index contributed by atoms with van der Waals surface area (Å²) in [4.78, 5) is 14.4. The van der Waals surface area contributed by atoms with Gasteiger partial charge in [0.2, 0.25) is 5.91 Å². The van der Waals surface area contributed by atoms with Crippen LogP contribution in [0.15, 0.2) is 0 Å². The van der Waals surface area contributed by atoms with E-state index < -0.39 is 5.41 Å². The van der Waals surface area contributed by atoms with Crippen LogP contribution in [-0.2, 0) is 9.53 Å². The number of nitrogens with one attached hydrogen (secondary N) is 1. The highest BCUT2D eigenvalue weighted by Gasteiger charge is 2.46. The first-order valence-corrected chi connectivity index (χ1v) is 6.70. The molecule has 1 saturated carbocycles. The van der Waals surface area contributed by atoms with E-state index in [9.17, 15) is 4.79 Å². The maximum absolute atomic E-state index is 12.0. The van der Waals surface area contributed by atoms with Gasteiger partial charge < -0.3 is 20.7 Å². The summed E-state index contributed by atoms with van der Waals surface area (Å²) in [5, 5.41) is 2.85. The largest absolute Gasteiger partial charge is 0.392 e. The van der Waals surface area contributed by atoms with Crippen LogP contribution in [0.4, 0.5) is 0 Å². The fourth-order valence-corrected chi connectivity index (χ4v) is 2.17. The summed E-state index contributed by atoms with van der Waals surface area (Å²) in [6, 6.07) is 0. The molecular formula is C12H23N3O2S. The molecule has 0 aliphatic heterocycles. The van der Waals surface area contributed by atoms with Gasteiger partial charge in [0.1, 0.15) is 0 Å². The Morgan fingerprint density at radius 1 is 1.44 bits per heavy atom. The van der Waals surface area contributed by atoms with E-state index in [-0.39, 0.29) is 5.91 Å². The number of carbonyl (C=O) groups excluding carboxylic acids is 1. The first-order chi connectivity index (χ1) is 8.49. The highest BCUT2D eigenvalue weighted by atomic mass is 32.1. The van der Waals surface area contributed by atoms with Crippen molar-refractivity contribution < 1.29 is 9.53 Å². The fraction of sp³-hybridized carbons (Fsp3) is 0.833. The Labute approximate surface area is 114 Å². The predicted octanol–water partition coefficient (Wildman–Crippen LogP) is 0.137. The Hall–Kier alpha value is -0.720. The zero-order valence-corrected chi connectivity index (χ0v) is 12.0. The van der Waals surface area contributed by atoms with E-state index in [1.165, 1.54) is 0 Å². The van der Waals surface area contributed by atoms with E-state index in [0.717, 1.165) is 25.8 Å². The molecule has 0 aromatic carbocycles. The van der Waals surface area contributed by atoms with Crippen LogP contribution in [-0.4, -0.2) is 56.2 Å². The average Bonchev–Trinajstić information content (AvgIpc) is 2.20. The smallest absolute Gasteiger partial charge is 0.233 e. The molecule has 1 rings (SSSR count). The number of hydrogen-bond acceptors (Lipinski definition) is 4. The van der Waals surface area contributed by atoms with Crippen LogP contribution in [0.3, 0.4) is 0 Å². The molecule has 1 aliphatic carbocycles. The van der Waals surface area contributed by atoms with Crippen LogP contribution >= 0.6 is 12.2 Å². The maximum Gasteiger partial charge on any atom is 0.233 e. The molecule has 3 N–H and O–H groups in total. The van der Waals surface area contributed by atoms with Crippen LogP contribution in [0.1, 0.15) is 19.3 Å². The molecule has 6 heteroatoms. The molecule has 18 heavy (non-hydrogen) atoms. The van der Waals surface area contributed by atoms with Gasteiger partial charge in [0.25, 0.3) is 0 Å². The van der Waals surface area contributed by atoms with Gasteiger partial charge in [-0.3, -0.25) is 4.79 Å². The van der Waals surface area contributed by atoms with E-state index in [4.69, 9.17) is 22.7 Å². The van der Waals surface area contributed by atoms with Gasteiger partial charge in [0.05, 0.1) is 23.6 Å². The normalized spacial score (nSPS) is 17.3. The third kappa shape index (κ3) is 3.90. The van der Waals surface area contributed by atoms with Gasteiger partial charge in [-0.15, -0.1) is 0 Å². The predicted molar refractivity (Wildman–Crippen MR) is 75.5 cm³/mol. The Morgan fingerprint density at radius 3 is 2.56 bits per heavy atom. The average molecular weight is 273 g/mol.